The summed E-state index contributed by atoms with van der Waals surface area (Å²) in [4.78, 5) is 55.3. The van der Waals surface area contributed by atoms with E-state index < -0.39 is 45.5 Å². The van der Waals surface area contributed by atoms with Crippen molar-refractivity contribution in [1.29, 1.82) is 0 Å². The van der Waals surface area contributed by atoms with Crippen molar-refractivity contribution in [3.05, 3.63) is 57.6 Å². The molecule has 0 aromatic rings. The smallest absolute Gasteiger partial charge is 0.356 e. The summed E-state index contributed by atoms with van der Waals surface area (Å²) in [5.41, 5.74) is 0.0497. The zero-order valence-corrected chi connectivity index (χ0v) is 27.0. The predicted molar refractivity (Wildman–Crippen MR) is 162 cm³/mol. The minimum atomic E-state index is -1.52. The second kappa shape index (κ2) is 10.7. The maximum absolute atomic E-state index is 14.4. The highest BCUT2D eigenvalue weighted by Gasteiger charge is 2.76. The summed E-state index contributed by atoms with van der Waals surface area (Å²) in [6.07, 6.45) is 12.4. The Labute approximate surface area is 255 Å². The van der Waals surface area contributed by atoms with Crippen LogP contribution in [0.4, 0.5) is 0 Å². The van der Waals surface area contributed by atoms with E-state index in [9.17, 15) is 19.2 Å². The molecule has 4 aliphatic carbocycles. The summed E-state index contributed by atoms with van der Waals surface area (Å²) in [5.74, 6) is -2.67. The first kappa shape index (κ1) is 31.2. The maximum atomic E-state index is 14.4. The number of hydrogen-bond donors (Lipinski definition) is 0. The predicted octanol–water partition coefficient (Wildman–Crippen LogP) is 7.32. The zero-order valence-electron chi connectivity index (χ0n) is 27.0. The maximum Gasteiger partial charge on any atom is 0.356 e. The third kappa shape index (κ3) is 4.87. The highest BCUT2D eigenvalue weighted by Crippen LogP contribution is 2.66. The molecule has 6 rings (SSSR count). The van der Waals surface area contributed by atoms with Crippen molar-refractivity contribution in [3.8, 4) is 0 Å². The van der Waals surface area contributed by atoms with Crippen LogP contribution in [0.3, 0.4) is 0 Å². The lowest BCUT2D eigenvalue weighted by Gasteiger charge is -2.35. The molecule has 6 aliphatic rings. The average Bonchev–Trinajstić information content (AvgIpc) is 3.38. The molecule has 2 fully saturated rings. The molecule has 7 nitrogen and oxygen atoms in total. The highest BCUT2D eigenvalue weighted by atomic mass is 16.6. The SMILES string of the molecule is C/C1=C\CC/C(C)=C/CC2=C(OC(=O)[C@@]34CC[C@@](C)(C(=O)O3)C4(C)C)C(=O)C3=C(OC(C)(C)[C@@H]3CC/C(C)=C/CC1)C2=O. The molecule has 1 saturated carbocycles. The fourth-order valence-corrected chi connectivity index (χ4v) is 7.53. The Kier molecular flexibility index (Phi) is 7.80. The van der Waals surface area contributed by atoms with Crippen LogP contribution in [0.1, 0.15) is 113 Å². The van der Waals surface area contributed by atoms with Crippen molar-refractivity contribution in [3.63, 3.8) is 0 Å². The second-order valence-corrected chi connectivity index (χ2v) is 14.5. The zero-order chi connectivity index (χ0) is 31.5. The third-order valence-corrected chi connectivity index (χ3v) is 11.2. The number of carbonyl (C=O) groups excluding carboxylic acids is 4. The van der Waals surface area contributed by atoms with E-state index in [2.05, 4.69) is 26.0 Å². The number of carbonyl (C=O) groups is 4. The Morgan fingerprint density at radius 1 is 0.814 bits per heavy atom. The fourth-order valence-electron chi connectivity index (χ4n) is 7.53. The van der Waals surface area contributed by atoms with Crippen LogP contribution < -0.4 is 0 Å². The fraction of sp³-hybridized carbons (Fsp3) is 0.611. The molecule has 0 N–H and O–H groups in total. The summed E-state index contributed by atoms with van der Waals surface area (Å²) in [7, 11) is 0. The van der Waals surface area contributed by atoms with E-state index in [0.29, 0.717) is 19.3 Å². The van der Waals surface area contributed by atoms with Gasteiger partial charge in [-0.05, 0) is 99.3 Å². The lowest BCUT2D eigenvalue weighted by Crippen LogP contribution is -2.49. The van der Waals surface area contributed by atoms with Gasteiger partial charge in [0.25, 0.3) is 0 Å². The van der Waals surface area contributed by atoms with Crippen LogP contribution in [-0.4, -0.2) is 34.7 Å². The van der Waals surface area contributed by atoms with E-state index in [1.54, 1.807) is 0 Å². The van der Waals surface area contributed by atoms with Gasteiger partial charge in [0.15, 0.2) is 11.5 Å². The van der Waals surface area contributed by atoms with Crippen LogP contribution in [0, 0.1) is 16.7 Å². The molecule has 0 radical (unpaired) electrons. The molecular formula is C36H46O7. The molecule has 1 saturated heterocycles. The van der Waals surface area contributed by atoms with Crippen LogP contribution in [0.2, 0.25) is 0 Å². The molecule has 0 aromatic carbocycles. The minimum Gasteiger partial charge on any atom is -0.483 e. The topological polar surface area (TPSA) is 96.0 Å². The molecule has 0 amide bonds. The van der Waals surface area contributed by atoms with Crippen molar-refractivity contribution < 1.29 is 33.4 Å². The van der Waals surface area contributed by atoms with Crippen LogP contribution in [-0.2, 0) is 33.4 Å². The number of fused-ring (bicyclic) bond motifs is 12. The van der Waals surface area contributed by atoms with E-state index in [4.69, 9.17) is 14.2 Å². The van der Waals surface area contributed by atoms with Gasteiger partial charge in [-0.1, -0.05) is 48.8 Å². The van der Waals surface area contributed by atoms with E-state index in [1.807, 2.05) is 47.6 Å². The molecule has 0 aromatic heterocycles. The lowest BCUT2D eigenvalue weighted by molar-refractivity contribution is -0.180. The number of hydrogen-bond acceptors (Lipinski definition) is 7. The van der Waals surface area contributed by atoms with Crippen molar-refractivity contribution >= 4 is 23.5 Å². The summed E-state index contributed by atoms with van der Waals surface area (Å²) >= 11 is 0. The van der Waals surface area contributed by atoms with Gasteiger partial charge in [0, 0.05) is 11.3 Å². The number of ketones is 2. The molecule has 2 aliphatic heterocycles. The normalized spacial score (nSPS) is 36.1. The van der Waals surface area contributed by atoms with Gasteiger partial charge < -0.3 is 14.2 Å². The van der Waals surface area contributed by atoms with Gasteiger partial charge in [-0.25, -0.2) is 4.79 Å². The molecule has 7 heteroatoms. The first-order chi connectivity index (χ1) is 20.1. The molecule has 0 spiro atoms. The number of allylic oxidation sites excluding steroid dienone is 8. The van der Waals surface area contributed by atoms with Gasteiger partial charge in [0.05, 0.1) is 16.6 Å². The van der Waals surface area contributed by atoms with Crippen LogP contribution in [0.15, 0.2) is 57.6 Å². The van der Waals surface area contributed by atoms with Gasteiger partial charge in [0.1, 0.15) is 5.60 Å². The monoisotopic (exact) mass is 590 g/mol. The second-order valence-electron chi connectivity index (χ2n) is 14.5. The molecule has 3 atom stereocenters. The Morgan fingerprint density at radius 2 is 1.42 bits per heavy atom. The van der Waals surface area contributed by atoms with E-state index in [0.717, 1.165) is 37.7 Å². The Bertz CT molecular complexity index is 1450. The quantitative estimate of drug-likeness (QED) is 0.189. The van der Waals surface area contributed by atoms with Crippen LogP contribution in [0.25, 0.3) is 0 Å². The first-order valence-electron chi connectivity index (χ1n) is 15.7. The third-order valence-electron chi connectivity index (χ3n) is 11.2. The van der Waals surface area contributed by atoms with Crippen molar-refractivity contribution in [2.24, 2.45) is 16.7 Å². The van der Waals surface area contributed by atoms with Gasteiger partial charge in [-0.15, -0.1) is 0 Å². The largest absolute Gasteiger partial charge is 0.483 e. The van der Waals surface area contributed by atoms with E-state index >= 15 is 0 Å². The molecule has 6 bridgehead atoms. The summed E-state index contributed by atoms with van der Waals surface area (Å²) in [6.45, 7) is 15.6. The van der Waals surface area contributed by atoms with E-state index in [-0.39, 0.29) is 35.0 Å². The average molecular weight is 591 g/mol. The van der Waals surface area contributed by atoms with Crippen molar-refractivity contribution in [2.75, 3.05) is 0 Å². The standard InChI is InChI=1S/C36H46O7/c1-21-11-9-13-22(2)15-17-24-27(37)30-26(25(33(4,5)42-30)18-16-23(3)14-10-12-21)28(38)29(24)41-32(40)36-20-19-35(8,31(39)43-36)34(36,6)7/h11,14-15,25H,9-10,12-13,16-20H2,1-8H3/b21-11+,22-15+,23-14+/t25-,35+,36-/m1/s1. The minimum absolute atomic E-state index is 0.0707. The first-order valence-corrected chi connectivity index (χ1v) is 15.7. The number of esters is 2. The highest BCUT2D eigenvalue weighted by molar-refractivity contribution is 6.25. The van der Waals surface area contributed by atoms with E-state index in [1.165, 1.54) is 11.1 Å². The molecule has 232 valence electrons. The van der Waals surface area contributed by atoms with Crippen molar-refractivity contribution in [2.45, 2.75) is 124 Å². The van der Waals surface area contributed by atoms with Gasteiger partial charge in [-0.3, -0.25) is 14.4 Å². The van der Waals surface area contributed by atoms with Gasteiger partial charge in [0.2, 0.25) is 17.2 Å². The molecule has 43 heavy (non-hydrogen) atoms. The molecular weight excluding hydrogens is 544 g/mol. The Balaban J connectivity index is 1.57. The summed E-state index contributed by atoms with van der Waals surface area (Å²) in [6, 6.07) is 0. The summed E-state index contributed by atoms with van der Waals surface area (Å²) < 4.78 is 18.0. The van der Waals surface area contributed by atoms with Crippen molar-refractivity contribution in [1.82, 2.24) is 0 Å². The van der Waals surface area contributed by atoms with Crippen LogP contribution in [0.5, 0.6) is 0 Å². The Hall–Kier alpha value is -3.22. The van der Waals surface area contributed by atoms with Gasteiger partial charge in [-0.2, -0.15) is 0 Å². The van der Waals surface area contributed by atoms with Gasteiger partial charge >= 0.3 is 11.9 Å². The Morgan fingerprint density at radius 3 is 2.00 bits per heavy atom. The summed E-state index contributed by atoms with van der Waals surface area (Å²) in [5, 5.41) is 0. The molecule has 2 heterocycles. The number of rotatable bonds is 2. The number of ether oxygens (including phenoxy) is 3. The lowest BCUT2D eigenvalue weighted by atomic mass is 9.66. The van der Waals surface area contributed by atoms with Crippen LogP contribution >= 0.6 is 0 Å². The number of Topliss-reactive ketones (excluding diaryl/α,β-unsaturated/α-hetero) is 2. The molecule has 0 unspecified atom stereocenters.